The first-order chi connectivity index (χ1) is 24.5. The maximum atomic E-state index is 2.75. The fourth-order valence-electron chi connectivity index (χ4n) is 11.2. The van der Waals surface area contributed by atoms with Crippen LogP contribution in [0, 0.1) is 0 Å². The molecule has 8 aliphatic heterocycles. The van der Waals surface area contributed by atoms with Crippen LogP contribution < -0.4 is 0 Å². The van der Waals surface area contributed by atoms with Crippen LogP contribution in [0.4, 0.5) is 0 Å². The summed E-state index contributed by atoms with van der Waals surface area (Å²) >= 11 is 0. The normalized spacial score (nSPS) is 24.0. The highest BCUT2D eigenvalue weighted by Gasteiger charge is 2.46. The number of allylic oxidation sites excluding steroid dienone is 7. The van der Waals surface area contributed by atoms with Crippen molar-refractivity contribution in [2.75, 3.05) is 65.4 Å². The number of hydrogen-bond donors (Lipinski definition) is 0. The van der Waals surface area contributed by atoms with E-state index in [9.17, 15) is 0 Å². The SMILES string of the molecule is CCN1CCCC2=C1N(CC)C1=C(C2)CC2=C(N1CC)N(CC)C1=C(C2)CC2=C(N(CC)C3=C(CC4=C(N(CC)CCC4)N3CC)C2)N1CC. The minimum Gasteiger partial charge on any atom is -0.358 e. The minimum absolute atomic E-state index is 0.986. The summed E-state index contributed by atoms with van der Waals surface area (Å²) in [6.45, 7) is 29.6. The predicted octanol–water partition coefficient (Wildman–Crippen LogP) is 8.05. The lowest BCUT2D eigenvalue weighted by molar-refractivity contribution is 0.123. The molecule has 0 saturated heterocycles. The summed E-state index contributed by atoms with van der Waals surface area (Å²) in [5, 5.41) is 0. The average molecular weight is 681 g/mol. The lowest BCUT2D eigenvalue weighted by atomic mass is 9.81. The topological polar surface area (TPSA) is 25.9 Å². The lowest BCUT2D eigenvalue weighted by Crippen LogP contribution is -2.53. The van der Waals surface area contributed by atoms with Gasteiger partial charge in [0, 0.05) is 65.4 Å². The molecule has 0 amide bonds. The van der Waals surface area contributed by atoms with Gasteiger partial charge >= 0.3 is 0 Å². The first-order valence-electron chi connectivity index (χ1n) is 20.6. The zero-order valence-corrected chi connectivity index (χ0v) is 32.7. The minimum atomic E-state index is 0.986. The van der Waals surface area contributed by atoms with Gasteiger partial charge in [0.05, 0.1) is 0 Å². The Labute approximate surface area is 303 Å². The molecular weight excluding hydrogens is 617 g/mol. The lowest BCUT2D eigenvalue weighted by Gasteiger charge is -2.56. The Morgan fingerprint density at radius 2 is 0.540 bits per heavy atom. The quantitative estimate of drug-likeness (QED) is 0.254. The van der Waals surface area contributed by atoms with Crippen LogP contribution in [0.5, 0.6) is 0 Å². The second kappa shape index (κ2) is 13.3. The van der Waals surface area contributed by atoms with Gasteiger partial charge in [-0.3, -0.25) is 0 Å². The Hall–Kier alpha value is -3.42. The zero-order chi connectivity index (χ0) is 34.8. The third kappa shape index (κ3) is 4.82. The number of rotatable bonds is 8. The first kappa shape index (κ1) is 33.7. The molecule has 0 fully saturated rings. The van der Waals surface area contributed by atoms with Gasteiger partial charge < -0.3 is 39.2 Å². The van der Waals surface area contributed by atoms with E-state index >= 15 is 0 Å². The van der Waals surface area contributed by atoms with E-state index in [1.807, 2.05) is 0 Å². The van der Waals surface area contributed by atoms with Gasteiger partial charge in [0.15, 0.2) is 0 Å². The summed E-state index contributed by atoms with van der Waals surface area (Å²) in [7, 11) is 0. The Kier molecular flexibility index (Phi) is 8.96. The van der Waals surface area contributed by atoms with Crippen molar-refractivity contribution in [1.29, 1.82) is 0 Å². The Balaban J connectivity index is 1.15. The molecule has 50 heavy (non-hydrogen) atoms. The third-order valence-electron chi connectivity index (χ3n) is 12.9. The van der Waals surface area contributed by atoms with Gasteiger partial charge in [-0.25, -0.2) is 0 Å². The molecule has 0 unspecified atom stereocenters. The van der Waals surface area contributed by atoms with Crippen molar-refractivity contribution < 1.29 is 0 Å². The largest absolute Gasteiger partial charge is 0.358 e. The van der Waals surface area contributed by atoms with Crippen LogP contribution in [0.2, 0.25) is 0 Å². The molecule has 0 atom stereocenters. The van der Waals surface area contributed by atoms with Gasteiger partial charge in [0.2, 0.25) is 0 Å². The van der Waals surface area contributed by atoms with Gasteiger partial charge in [-0.05, 0) is 159 Å². The fourth-order valence-corrected chi connectivity index (χ4v) is 11.2. The summed E-state index contributed by atoms with van der Waals surface area (Å²) in [5.74, 6) is 10.5. The van der Waals surface area contributed by atoms with Gasteiger partial charge in [-0.1, -0.05) is 0 Å². The first-order valence-corrected chi connectivity index (χ1v) is 20.6. The molecule has 272 valence electrons. The predicted molar refractivity (Wildman–Crippen MR) is 204 cm³/mol. The molecule has 8 rings (SSSR count). The summed E-state index contributed by atoms with van der Waals surface area (Å²) in [6, 6.07) is 0. The van der Waals surface area contributed by atoms with Gasteiger partial charge in [-0.15, -0.1) is 0 Å². The van der Waals surface area contributed by atoms with Crippen molar-refractivity contribution >= 4 is 0 Å². The van der Waals surface area contributed by atoms with E-state index in [0.29, 0.717) is 0 Å². The maximum Gasteiger partial charge on any atom is 0.115 e. The van der Waals surface area contributed by atoms with Crippen LogP contribution in [0.3, 0.4) is 0 Å². The molecule has 0 saturated carbocycles. The third-order valence-corrected chi connectivity index (χ3v) is 12.9. The molecule has 8 heteroatoms. The molecule has 8 heterocycles. The fraction of sp³-hybridized carbons (Fsp3) is 0.667. The highest BCUT2D eigenvalue weighted by Crippen LogP contribution is 2.53. The molecule has 0 aromatic heterocycles. The van der Waals surface area contributed by atoms with Crippen molar-refractivity contribution in [3.63, 3.8) is 0 Å². The highest BCUT2D eigenvalue weighted by atomic mass is 15.5. The van der Waals surface area contributed by atoms with E-state index in [2.05, 4.69) is 94.6 Å². The number of hydrogen-bond acceptors (Lipinski definition) is 8. The van der Waals surface area contributed by atoms with Crippen molar-refractivity contribution in [3.8, 4) is 0 Å². The summed E-state index contributed by atoms with van der Waals surface area (Å²) in [4.78, 5) is 21.7. The highest BCUT2D eigenvalue weighted by molar-refractivity contribution is 5.50. The van der Waals surface area contributed by atoms with Crippen molar-refractivity contribution in [3.05, 3.63) is 79.8 Å². The average Bonchev–Trinajstić information content (AvgIpc) is 3.14. The molecule has 0 aromatic rings. The van der Waals surface area contributed by atoms with E-state index in [-0.39, 0.29) is 0 Å². The standard InChI is InChI=1S/C42H64N8/c1-9-43-21-17-19-29-23-31-25-33-27-35-28-34-26-32-24-30-20-18-22-44(10-2)37(30)46(12-4)39(32)48(14-6)41(34)50(16-8)42(35)49(15-7)40(33)47(13-5)38(31)45(11-3)36(29)43/h9-28H2,1-8H3. The molecule has 0 radical (unpaired) electrons. The zero-order valence-electron chi connectivity index (χ0n) is 32.7. The summed E-state index contributed by atoms with van der Waals surface area (Å²) in [6.07, 6.45) is 11.9. The molecule has 0 aliphatic carbocycles. The summed E-state index contributed by atoms with van der Waals surface area (Å²) in [5.41, 5.74) is 11.7. The molecular formula is C42H64N8. The molecule has 0 spiro atoms. The molecule has 8 nitrogen and oxygen atoms in total. The Morgan fingerprint density at radius 1 is 0.300 bits per heavy atom. The second-order valence-corrected chi connectivity index (χ2v) is 15.4. The van der Waals surface area contributed by atoms with Crippen molar-refractivity contribution in [2.24, 2.45) is 0 Å². The molecule has 0 bridgehead atoms. The van der Waals surface area contributed by atoms with E-state index < -0.39 is 0 Å². The monoisotopic (exact) mass is 681 g/mol. The molecule has 0 aromatic carbocycles. The van der Waals surface area contributed by atoms with Gasteiger partial charge in [-0.2, -0.15) is 0 Å². The van der Waals surface area contributed by atoms with Crippen LogP contribution in [-0.2, 0) is 0 Å². The van der Waals surface area contributed by atoms with E-state index in [0.717, 1.165) is 90.9 Å². The second-order valence-electron chi connectivity index (χ2n) is 15.4. The van der Waals surface area contributed by atoms with Gasteiger partial charge in [0.1, 0.15) is 40.7 Å². The van der Waals surface area contributed by atoms with Crippen molar-refractivity contribution in [2.45, 2.75) is 120 Å². The van der Waals surface area contributed by atoms with Crippen LogP contribution in [0.1, 0.15) is 120 Å². The van der Waals surface area contributed by atoms with Crippen LogP contribution in [0.25, 0.3) is 0 Å². The number of nitrogens with zero attached hydrogens (tertiary/aromatic N) is 8. The van der Waals surface area contributed by atoms with Crippen LogP contribution in [0.15, 0.2) is 79.8 Å². The molecule has 8 aliphatic rings. The van der Waals surface area contributed by atoms with Crippen LogP contribution in [-0.4, -0.2) is 105 Å². The molecule has 0 N–H and O–H groups in total. The Bertz CT molecular complexity index is 1530. The Morgan fingerprint density at radius 3 is 0.780 bits per heavy atom. The van der Waals surface area contributed by atoms with Crippen molar-refractivity contribution in [1.82, 2.24) is 39.2 Å². The van der Waals surface area contributed by atoms with E-state index in [1.165, 1.54) is 79.5 Å². The van der Waals surface area contributed by atoms with E-state index in [1.54, 1.807) is 39.0 Å². The smallest absolute Gasteiger partial charge is 0.115 e. The van der Waals surface area contributed by atoms with Crippen LogP contribution >= 0.6 is 0 Å². The van der Waals surface area contributed by atoms with Gasteiger partial charge in [0.25, 0.3) is 0 Å². The maximum absolute atomic E-state index is 2.75. The van der Waals surface area contributed by atoms with E-state index in [4.69, 9.17) is 0 Å². The summed E-state index contributed by atoms with van der Waals surface area (Å²) < 4.78 is 0.